The molecule has 0 saturated heterocycles. The van der Waals surface area contributed by atoms with Gasteiger partial charge in [0.25, 0.3) is 5.89 Å². The van der Waals surface area contributed by atoms with Crippen molar-refractivity contribution < 1.29 is 4.52 Å². The van der Waals surface area contributed by atoms with Crippen LogP contribution in [0.25, 0.3) is 11.5 Å². The number of aromatic nitrogens is 2. The summed E-state index contributed by atoms with van der Waals surface area (Å²) in [5.41, 5.74) is 1.49. The topological polar surface area (TPSA) is 98.5 Å². The third kappa shape index (κ3) is 3.01. The summed E-state index contributed by atoms with van der Waals surface area (Å²) in [6, 6.07) is 10.8. The second-order valence-corrected chi connectivity index (χ2v) is 3.88. The van der Waals surface area contributed by atoms with Crippen LogP contribution in [0.4, 0.5) is 5.69 Å². The van der Waals surface area contributed by atoms with Gasteiger partial charge in [0.2, 0.25) is 0 Å². The fourth-order valence-electron chi connectivity index (χ4n) is 1.50. The molecule has 0 spiro atoms. The van der Waals surface area contributed by atoms with E-state index < -0.39 is 0 Å². The van der Waals surface area contributed by atoms with Crippen molar-refractivity contribution in [2.75, 3.05) is 5.32 Å². The van der Waals surface area contributed by atoms with Gasteiger partial charge in [-0.05, 0) is 18.2 Å². The highest BCUT2D eigenvalue weighted by atomic mass is 16.5. The van der Waals surface area contributed by atoms with E-state index >= 15 is 0 Å². The molecule has 1 aromatic heterocycles. The highest BCUT2D eigenvalue weighted by Crippen LogP contribution is 2.21. The number of nitrogens with zero attached hydrogens (tertiary/aromatic N) is 4. The first kappa shape index (κ1) is 13.3. The van der Waals surface area contributed by atoms with E-state index in [2.05, 4.69) is 15.5 Å². The van der Waals surface area contributed by atoms with Crippen LogP contribution in [-0.2, 0) is 6.42 Å². The van der Waals surface area contributed by atoms with E-state index in [-0.39, 0.29) is 5.57 Å². The second kappa shape index (κ2) is 6.17. The van der Waals surface area contributed by atoms with Gasteiger partial charge in [0.15, 0.2) is 5.82 Å². The summed E-state index contributed by atoms with van der Waals surface area (Å²) in [6.07, 6.45) is 2.06. The van der Waals surface area contributed by atoms with Gasteiger partial charge in [-0.1, -0.05) is 18.1 Å². The van der Waals surface area contributed by atoms with Crippen LogP contribution in [0.15, 0.2) is 40.6 Å². The minimum Gasteiger partial charge on any atom is -0.360 e. The van der Waals surface area contributed by atoms with Crippen molar-refractivity contribution in [2.24, 2.45) is 0 Å². The minimum atomic E-state index is 0.00135. The second-order valence-electron chi connectivity index (χ2n) is 3.88. The molecule has 6 heteroatoms. The average Bonchev–Trinajstić information content (AvgIpc) is 2.97. The lowest BCUT2D eigenvalue weighted by Crippen LogP contribution is -1.90. The van der Waals surface area contributed by atoms with Crippen molar-refractivity contribution in [3.63, 3.8) is 0 Å². The van der Waals surface area contributed by atoms with Gasteiger partial charge >= 0.3 is 0 Å². The maximum Gasteiger partial charge on any atom is 0.257 e. The molecule has 2 aromatic rings. The molecule has 0 atom stereocenters. The standard InChI is InChI=1S/C14H11N5O/c1-2-13-18-14(20-19-13)11-4-3-5-12(6-11)17-9-10(7-15)8-16/h3-6,9,17H,2H2,1H3. The van der Waals surface area contributed by atoms with E-state index in [4.69, 9.17) is 15.0 Å². The van der Waals surface area contributed by atoms with Crippen LogP contribution >= 0.6 is 0 Å². The Hall–Kier alpha value is -3.12. The smallest absolute Gasteiger partial charge is 0.257 e. The molecule has 1 heterocycles. The Balaban J connectivity index is 2.23. The molecule has 20 heavy (non-hydrogen) atoms. The van der Waals surface area contributed by atoms with Gasteiger partial charge in [-0.25, -0.2) is 0 Å². The van der Waals surface area contributed by atoms with Gasteiger partial charge in [0.05, 0.1) is 0 Å². The number of nitrogens with one attached hydrogen (secondary N) is 1. The van der Waals surface area contributed by atoms with Crippen molar-refractivity contribution >= 4 is 5.69 Å². The van der Waals surface area contributed by atoms with E-state index in [1.807, 2.05) is 25.1 Å². The van der Waals surface area contributed by atoms with E-state index in [1.54, 1.807) is 18.2 Å². The Bertz CT molecular complexity index is 702. The van der Waals surface area contributed by atoms with Crippen molar-refractivity contribution in [1.82, 2.24) is 10.1 Å². The molecule has 6 nitrogen and oxygen atoms in total. The number of anilines is 1. The summed E-state index contributed by atoms with van der Waals surface area (Å²) in [4.78, 5) is 4.24. The van der Waals surface area contributed by atoms with Crippen LogP contribution in [0, 0.1) is 22.7 Å². The molecule has 0 aliphatic rings. The van der Waals surface area contributed by atoms with E-state index in [1.165, 1.54) is 6.20 Å². The van der Waals surface area contributed by atoms with Gasteiger partial charge in [0.1, 0.15) is 17.7 Å². The molecule has 0 radical (unpaired) electrons. The molecule has 98 valence electrons. The highest BCUT2D eigenvalue weighted by molar-refractivity contribution is 5.62. The van der Waals surface area contributed by atoms with Crippen LogP contribution in [0.2, 0.25) is 0 Å². The Morgan fingerprint density at radius 2 is 2.20 bits per heavy atom. The molecule has 0 bridgehead atoms. The average molecular weight is 265 g/mol. The third-order valence-corrected chi connectivity index (χ3v) is 2.52. The summed E-state index contributed by atoms with van der Waals surface area (Å²) >= 11 is 0. The number of hydrogen-bond donors (Lipinski definition) is 1. The van der Waals surface area contributed by atoms with Gasteiger partial charge in [-0.2, -0.15) is 15.5 Å². The summed E-state index contributed by atoms with van der Waals surface area (Å²) in [5, 5.41) is 24.0. The first-order valence-corrected chi connectivity index (χ1v) is 5.96. The van der Waals surface area contributed by atoms with E-state index in [0.717, 1.165) is 11.3 Å². The van der Waals surface area contributed by atoms with Crippen LogP contribution in [0.1, 0.15) is 12.7 Å². The van der Waals surface area contributed by atoms with Crippen LogP contribution < -0.4 is 5.32 Å². The SMILES string of the molecule is CCc1noc(-c2cccc(NC=C(C#N)C#N)c2)n1. The maximum atomic E-state index is 8.65. The normalized spacial score (nSPS) is 9.35. The van der Waals surface area contributed by atoms with E-state index in [9.17, 15) is 0 Å². The summed E-state index contributed by atoms with van der Waals surface area (Å²) < 4.78 is 5.16. The van der Waals surface area contributed by atoms with Crippen molar-refractivity contribution in [3.8, 4) is 23.6 Å². The zero-order valence-corrected chi connectivity index (χ0v) is 10.8. The number of allylic oxidation sites excluding steroid dienone is 1. The zero-order chi connectivity index (χ0) is 14.4. The maximum absolute atomic E-state index is 8.65. The lowest BCUT2D eigenvalue weighted by Gasteiger charge is -2.01. The lowest BCUT2D eigenvalue weighted by molar-refractivity contribution is 0.423. The minimum absolute atomic E-state index is 0.00135. The molecular weight excluding hydrogens is 254 g/mol. The molecule has 1 N–H and O–H groups in total. The largest absolute Gasteiger partial charge is 0.360 e. The Labute approximate surface area is 116 Å². The molecular formula is C14H11N5O. The Morgan fingerprint density at radius 1 is 1.40 bits per heavy atom. The number of benzene rings is 1. The third-order valence-electron chi connectivity index (χ3n) is 2.52. The predicted octanol–water partition coefficient (Wildman–Crippen LogP) is 2.64. The van der Waals surface area contributed by atoms with Crippen molar-refractivity contribution in [2.45, 2.75) is 13.3 Å². The Morgan fingerprint density at radius 3 is 2.85 bits per heavy atom. The Kier molecular flexibility index (Phi) is 4.10. The summed E-state index contributed by atoms with van der Waals surface area (Å²) in [5.74, 6) is 1.09. The summed E-state index contributed by atoms with van der Waals surface area (Å²) in [7, 11) is 0. The van der Waals surface area contributed by atoms with Crippen LogP contribution in [0.3, 0.4) is 0 Å². The number of hydrogen-bond acceptors (Lipinski definition) is 6. The van der Waals surface area contributed by atoms with Crippen molar-refractivity contribution in [1.29, 1.82) is 10.5 Å². The van der Waals surface area contributed by atoms with Gasteiger partial charge in [-0.3, -0.25) is 0 Å². The first-order chi connectivity index (χ1) is 9.76. The monoisotopic (exact) mass is 265 g/mol. The molecule has 0 saturated carbocycles. The van der Waals surface area contributed by atoms with Gasteiger partial charge < -0.3 is 9.84 Å². The molecule has 2 rings (SSSR count). The predicted molar refractivity (Wildman–Crippen MR) is 72.0 cm³/mol. The van der Waals surface area contributed by atoms with Gasteiger partial charge in [-0.15, -0.1) is 0 Å². The number of nitriles is 2. The van der Waals surface area contributed by atoms with Gasteiger partial charge in [0, 0.05) is 23.9 Å². The fraction of sp³-hybridized carbons (Fsp3) is 0.143. The van der Waals surface area contributed by atoms with Crippen molar-refractivity contribution in [3.05, 3.63) is 41.9 Å². The fourth-order valence-corrected chi connectivity index (χ4v) is 1.50. The highest BCUT2D eigenvalue weighted by Gasteiger charge is 2.07. The van der Waals surface area contributed by atoms with Crippen LogP contribution in [-0.4, -0.2) is 10.1 Å². The van der Waals surface area contributed by atoms with E-state index in [0.29, 0.717) is 18.1 Å². The lowest BCUT2D eigenvalue weighted by atomic mass is 10.2. The molecule has 0 aliphatic carbocycles. The summed E-state index contributed by atoms with van der Waals surface area (Å²) in [6.45, 7) is 1.95. The number of aryl methyl sites for hydroxylation is 1. The molecule has 1 aromatic carbocycles. The molecule has 0 fully saturated rings. The zero-order valence-electron chi connectivity index (χ0n) is 10.8. The molecule has 0 unspecified atom stereocenters. The molecule has 0 aliphatic heterocycles. The quantitative estimate of drug-likeness (QED) is 0.853. The number of rotatable bonds is 4. The molecule has 0 amide bonds. The first-order valence-electron chi connectivity index (χ1n) is 5.96. The van der Waals surface area contributed by atoms with Crippen LogP contribution in [0.5, 0.6) is 0 Å².